The summed E-state index contributed by atoms with van der Waals surface area (Å²) in [4.78, 5) is 27.9. The van der Waals surface area contributed by atoms with E-state index in [4.69, 9.17) is 16.6 Å². The molecule has 3 aromatic rings. The predicted octanol–water partition coefficient (Wildman–Crippen LogP) is 3.00. The van der Waals surface area contributed by atoms with Crippen LogP contribution in [0.15, 0.2) is 39.7 Å². The van der Waals surface area contributed by atoms with E-state index in [9.17, 15) is 9.59 Å². The van der Waals surface area contributed by atoms with Crippen LogP contribution in [0.3, 0.4) is 0 Å². The molecule has 25 heavy (non-hydrogen) atoms. The Labute approximate surface area is 148 Å². The van der Waals surface area contributed by atoms with Crippen LogP contribution in [0.2, 0.25) is 0 Å². The molecule has 0 saturated heterocycles. The molecule has 6 nitrogen and oxygen atoms in total. The van der Waals surface area contributed by atoms with Crippen LogP contribution in [0, 0.1) is 4.77 Å². The Kier molecular flexibility index (Phi) is 3.80. The number of aromatic nitrogens is 2. The topological polar surface area (TPSA) is 80.0 Å². The van der Waals surface area contributed by atoms with Crippen LogP contribution >= 0.6 is 12.2 Å². The third-order valence-corrected chi connectivity index (χ3v) is 5.10. The third kappa shape index (κ3) is 2.70. The fourth-order valence-corrected chi connectivity index (χ4v) is 3.52. The summed E-state index contributed by atoms with van der Waals surface area (Å²) in [5.74, 6) is 0.767. The number of aryl methyl sites for hydroxylation is 1. The molecule has 0 bridgehead atoms. The molecule has 0 spiro atoms. The number of aromatic amines is 1. The Morgan fingerprint density at radius 2 is 2.24 bits per heavy atom. The normalized spacial score (nSPS) is 16.6. The Bertz CT molecular complexity index is 1090. The molecule has 2 heterocycles. The molecule has 1 aliphatic rings. The number of amides is 1. The number of fused-ring (bicyclic) bond motifs is 2. The van der Waals surface area contributed by atoms with Crippen molar-refractivity contribution < 1.29 is 9.21 Å². The minimum atomic E-state index is -0.180. The van der Waals surface area contributed by atoms with E-state index >= 15 is 0 Å². The smallest absolute Gasteiger partial charge is 0.261 e. The third-order valence-electron chi connectivity index (χ3n) is 4.72. The lowest BCUT2D eigenvalue weighted by Crippen LogP contribution is -2.30. The van der Waals surface area contributed by atoms with Gasteiger partial charge in [0, 0.05) is 24.6 Å². The van der Waals surface area contributed by atoms with Gasteiger partial charge in [-0.05, 0) is 49.3 Å². The first-order chi connectivity index (χ1) is 12.0. The van der Waals surface area contributed by atoms with Gasteiger partial charge in [0.15, 0.2) is 4.77 Å². The summed E-state index contributed by atoms with van der Waals surface area (Å²) in [6.07, 6.45) is 4.44. The number of furan rings is 1. The molecule has 1 aliphatic carbocycles. The monoisotopic (exact) mass is 355 g/mol. The Hall–Kier alpha value is -2.67. The maximum atomic E-state index is 12.7. The van der Waals surface area contributed by atoms with Crippen molar-refractivity contribution in [2.75, 3.05) is 0 Å². The summed E-state index contributed by atoms with van der Waals surface area (Å²) in [5, 5.41) is 3.56. The molecule has 1 atom stereocenters. The van der Waals surface area contributed by atoms with Crippen molar-refractivity contribution in [3.05, 3.63) is 62.5 Å². The molecule has 0 unspecified atom stereocenters. The molecule has 2 aromatic heterocycles. The number of benzene rings is 1. The summed E-state index contributed by atoms with van der Waals surface area (Å²) < 4.78 is 7.16. The Morgan fingerprint density at radius 3 is 3.08 bits per heavy atom. The fourth-order valence-electron chi connectivity index (χ4n) is 3.33. The number of hydrogen-bond donors (Lipinski definition) is 2. The minimum absolute atomic E-state index is 0.0483. The van der Waals surface area contributed by atoms with E-state index in [1.807, 2.05) is 6.07 Å². The van der Waals surface area contributed by atoms with Crippen molar-refractivity contribution in [3.8, 4) is 0 Å². The van der Waals surface area contributed by atoms with E-state index in [-0.39, 0.29) is 17.5 Å². The molecule has 7 heteroatoms. The molecule has 1 amide bonds. The van der Waals surface area contributed by atoms with Gasteiger partial charge in [-0.1, -0.05) is 0 Å². The molecule has 1 aromatic carbocycles. The van der Waals surface area contributed by atoms with E-state index < -0.39 is 0 Å². The summed E-state index contributed by atoms with van der Waals surface area (Å²) in [7, 11) is 1.62. The SMILES string of the molecule is Cn1c(=S)[nH]c2cc(C(=O)N[C@@H]3CCCc4occc43)ccc2c1=O. The summed E-state index contributed by atoms with van der Waals surface area (Å²) in [6.45, 7) is 0. The van der Waals surface area contributed by atoms with Gasteiger partial charge in [0.25, 0.3) is 11.5 Å². The highest BCUT2D eigenvalue weighted by molar-refractivity contribution is 7.71. The second-order valence-corrected chi connectivity index (χ2v) is 6.66. The van der Waals surface area contributed by atoms with Gasteiger partial charge in [0.1, 0.15) is 5.76 Å². The molecule has 0 radical (unpaired) electrons. The highest BCUT2D eigenvalue weighted by Gasteiger charge is 2.24. The molecule has 4 rings (SSSR count). The van der Waals surface area contributed by atoms with Gasteiger partial charge < -0.3 is 14.7 Å². The van der Waals surface area contributed by atoms with Crippen LogP contribution in [0.1, 0.15) is 40.6 Å². The van der Waals surface area contributed by atoms with Gasteiger partial charge in [-0.25, -0.2) is 0 Å². The highest BCUT2D eigenvalue weighted by Crippen LogP contribution is 2.30. The first kappa shape index (κ1) is 15.8. The molecule has 2 N–H and O–H groups in total. The average molecular weight is 355 g/mol. The summed E-state index contributed by atoms with van der Waals surface area (Å²) in [6, 6.07) is 6.85. The zero-order valence-corrected chi connectivity index (χ0v) is 14.5. The minimum Gasteiger partial charge on any atom is -0.469 e. The van der Waals surface area contributed by atoms with E-state index in [0.29, 0.717) is 21.2 Å². The van der Waals surface area contributed by atoms with E-state index in [1.165, 1.54) is 4.57 Å². The average Bonchev–Trinajstić information content (AvgIpc) is 3.09. The van der Waals surface area contributed by atoms with Crippen LogP contribution in [-0.2, 0) is 13.5 Å². The zero-order valence-electron chi connectivity index (χ0n) is 13.7. The van der Waals surface area contributed by atoms with Crippen molar-refractivity contribution in [1.82, 2.24) is 14.9 Å². The lowest BCUT2D eigenvalue weighted by molar-refractivity contribution is 0.0932. The maximum Gasteiger partial charge on any atom is 0.261 e. The van der Waals surface area contributed by atoms with E-state index in [0.717, 1.165) is 30.6 Å². The molecule has 0 fully saturated rings. The Balaban J connectivity index is 1.66. The van der Waals surface area contributed by atoms with Gasteiger partial charge in [-0.2, -0.15) is 0 Å². The van der Waals surface area contributed by atoms with Crippen LogP contribution in [0.25, 0.3) is 10.9 Å². The summed E-state index contributed by atoms with van der Waals surface area (Å²) >= 11 is 5.14. The fraction of sp³-hybridized carbons (Fsp3) is 0.278. The van der Waals surface area contributed by atoms with Gasteiger partial charge >= 0.3 is 0 Å². The standard InChI is InChI=1S/C18H17N3O3S/c1-21-17(23)12-6-5-10(9-14(12)20-18(21)25)16(22)19-13-3-2-4-15-11(13)7-8-24-15/h5-9,13H,2-4H2,1H3,(H,19,22)(H,20,25)/t13-/m1/s1. The molecular weight excluding hydrogens is 338 g/mol. The van der Waals surface area contributed by atoms with Gasteiger partial charge in [0.2, 0.25) is 0 Å². The number of carbonyl (C=O) groups excluding carboxylic acids is 1. The van der Waals surface area contributed by atoms with Gasteiger partial charge in [-0.15, -0.1) is 0 Å². The van der Waals surface area contributed by atoms with Crippen molar-refractivity contribution in [1.29, 1.82) is 0 Å². The second kappa shape index (κ2) is 6.00. The van der Waals surface area contributed by atoms with Gasteiger partial charge in [-0.3, -0.25) is 14.2 Å². The lowest BCUT2D eigenvalue weighted by Gasteiger charge is -2.22. The lowest BCUT2D eigenvalue weighted by atomic mass is 9.93. The maximum absolute atomic E-state index is 12.7. The molecule has 0 saturated carbocycles. The first-order valence-electron chi connectivity index (χ1n) is 8.15. The van der Waals surface area contributed by atoms with Crippen molar-refractivity contribution in [2.45, 2.75) is 25.3 Å². The van der Waals surface area contributed by atoms with E-state index in [1.54, 1.807) is 31.5 Å². The number of nitrogens with one attached hydrogen (secondary N) is 2. The zero-order chi connectivity index (χ0) is 17.6. The number of hydrogen-bond acceptors (Lipinski definition) is 4. The number of rotatable bonds is 2. The predicted molar refractivity (Wildman–Crippen MR) is 96.2 cm³/mol. The molecular formula is C18H17N3O3S. The Morgan fingerprint density at radius 1 is 1.40 bits per heavy atom. The number of carbonyl (C=O) groups is 1. The van der Waals surface area contributed by atoms with E-state index in [2.05, 4.69) is 10.3 Å². The van der Waals surface area contributed by atoms with Crippen molar-refractivity contribution >= 4 is 29.0 Å². The van der Waals surface area contributed by atoms with Crippen molar-refractivity contribution in [3.63, 3.8) is 0 Å². The summed E-state index contributed by atoms with van der Waals surface area (Å²) in [5.41, 5.74) is 1.92. The molecule has 128 valence electrons. The van der Waals surface area contributed by atoms with Crippen LogP contribution in [0.4, 0.5) is 0 Å². The molecule has 0 aliphatic heterocycles. The number of nitrogens with zero attached hydrogens (tertiary/aromatic N) is 1. The first-order valence-corrected chi connectivity index (χ1v) is 8.55. The van der Waals surface area contributed by atoms with Crippen LogP contribution < -0.4 is 10.9 Å². The number of H-pyrrole nitrogens is 1. The van der Waals surface area contributed by atoms with Crippen molar-refractivity contribution in [2.24, 2.45) is 7.05 Å². The largest absolute Gasteiger partial charge is 0.469 e. The van der Waals surface area contributed by atoms with Crippen LogP contribution in [-0.4, -0.2) is 15.5 Å². The quantitative estimate of drug-likeness (QED) is 0.693. The van der Waals surface area contributed by atoms with Gasteiger partial charge in [0.05, 0.1) is 23.2 Å². The highest BCUT2D eigenvalue weighted by atomic mass is 32.1. The second-order valence-electron chi connectivity index (χ2n) is 6.27. The van der Waals surface area contributed by atoms with Crippen LogP contribution in [0.5, 0.6) is 0 Å².